The second kappa shape index (κ2) is 15.6. The Bertz CT molecular complexity index is 1650. The number of nitrogens with zero attached hydrogens (tertiary/aromatic N) is 1. The summed E-state index contributed by atoms with van der Waals surface area (Å²) < 4.78 is 13.1. The van der Waals surface area contributed by atoms with Crippen LogP contribution in [0.3, 0.4) is 0 Å². The molecule has 4 aromatic rings. The Morgan fingerprint density at radius 3 is 2.49 bits per heavy atom. The van der Waals surface area contributed by atoms with Crippen LogP contribution in [0.2, 0.25) is 10.0 Å². The van der Waals surface area contributed by atoms with Gasteiger partial charge in [0.15, 0.2) is 11.6 Å². The van der Waals surface area contributed by atoms with E-state index in [-0.39, 0.29) is 25.5 Å². The molecule has 7 nitrogen and oxygen atoms in total. The van der Waals surface area contributed by atoms with Gasteiger partial charge in [0, 0.05) is 46.1 Å². The average molecular weight is 709 g/mol. The lowest BCUT2D eigenvalue weighted by Crippen LogP contribution is -2.52. The highest BCUT2D eigenvalue weighted by Gasteiger charge is 2.52. The van der Waals surface area contributed by atoms with E-state index >= 15 is 0 Å². The fourth-order valence-corrected chi connectivity index (χ4v) is 5.62. The molecule has 0 fully saturated rings. The second-order valence-corrected chi connectivity index (χ2v) is 12.2. The summed E-state index contributed by atoms with van der Waals surface area (Å²) in [6, 6.07) is 30.1. The molecular weight excluding hydrogens is 677 g/mol. The Morgan fingerprint density at radius 1 is 1.02 bits per heavy atom. The summed E-state index contributed by atoms with van der Waals surface area (Å²) in [4.78, 5) is 19.3. The van der Waals surface area contributed by atoms with Crippen LogP contribution < -0.4 is 15.6 Å². The number of hydrogen-bond acceptors (Lipinski definition) is 6. The predicted octanol–water partition coefficient (Wildman–Crippen LogP) is 7.70. The molecule has 3 N–H and O–H groups in total. The first-order valence-corrected chi connectivity index (χ1v) is 16.0. The zero-order chi connectivity index (χ0) is 31.6. The standard InChI is InChI=1S/C35H32BrCl2N3O4/c36-28-14-9-25(10-15-28)32-35(19-4-8-24-6-2-1-3-7-24,34(43)41-39-23-27-11-16-29(37)22-31(27)38)40-33(45-32)26-12-17-30(18-13-26)44-21-5-20-42/h1-4,6-18,22,32,39,42H,5,19-21,23H2,(H,41,43)/b8-4+/t32-,35-/m0/s1. The number of amides is 1. The number of aliphatic hydroxyl groups excluding tert-OH is 1. The lowest BCUT2D eigenvalue weighted by atomic mass is 9.84. The third kappa shape index (κ3) is 8.34. The van der Waals surface area contributed by atoms with Crippen molar-refractivity contribution >= 4 is 57.0 Å². The van der Waals surface area contributed by atoms with Gasteiger partial charge in [0.25, 0.3) is 5.91 Å². The fraction of sp³-hybridized carbons (Fsp3) is 0.200. The highest BCUT2D eigenvalue weighted by molar-refractivity contribution is 9.10. The van der Waals surface area contributed by atoms with Gasteiger partial charge in [0.05, 0.1) is 6.61 Å². The van der Waals surface area contributed by atoms with E-state index in [0.29, 0.717) is 40.3 Å². The largest absolute Gasteiger partial charge is 0.494 e. The van der Waals surface area contributed by atoms with Gasteiger partial charge in [0.1, 0.15) is 5.75 Å². The molecule has 0 bridgehead atoms. The van der Waals surface area contributed by atoms with Crippen LogP contribution in [0.15, 0.2) is 113 Å². The fourth-order valence-electron chi connectivity index (χ4n) is 4.88. The minimum atomic E-state index is -1.36. The van der Waals surface area contributed by atoms with Crippen molar-refractivity contribution in [3.8, 4) is 5.75 Å². The molecule has 0 saturated heterocycles. The van der Waals surface area contributed by atoms with E-state index in [0.717, 1.165) is 21.2 Å². The van der Waals surface area contributed by atoms with Crippen LogP contribution in [0.5, 0.6) is 5.75 Å². The molecular formula is C35H32BrCl2N3O4. The van der Waals surface area contributed by atoms with Crippen LogP contribution in [0.1, 0.15) is 41.2 Å². The van der Waals surface area contributed by atoms with Gasteiger partial charge in [-0.2, -0.15) is 0 Å². The average Bonchev–Trinajstić information content (AvgIpc) is 3.44. The van der Waals surface area contributed by atoms with Gasteiger partial charge >= 0.3 is 0 Å². The van der Waals surface area contributed by atoms with Crippen molar-refractivity contribution in [2.45, 2.75) is 31.0 Å². The van der Waals surface area contributed by atoms with Crippen molar-refractivity contribution in [3.05, 3.63) is 140 Å². The highest BCUT2D eigenvalue weighted by Crippen LogP contribution is 2.43. The number of halogens is 3. The Hall–Kier alpha value is -3.66. The molecule has 1 aliphatic rings. The lowest BCUT2D eigenvalue weighted by Gasteiger charge is -2.30. The molecule has 0 aliphatic carbocycles. The second-order valence-electron chi connectivity index (χ2n) is 10.4. The van der Waals surface area contributed by atoms with E-state index in [1.165, 1.54) is 0 Å². The van der Waals surface area contributed by atoms with Crippen LogP contribution >= 0.6 is 39.1 Å². The zero-order valence-corrected chi connectivity index (χ0v) is 27.4. The summed E-state index contributed by atoms with van der Waals surface area (Å²) in [5.41, 5.74) is 7.81. The summed E-state index contributed by atoms with van der Waals surface area (Å²) in [6.45, 7) is 0.741. The van der Waals surface area contributed by atoms with Gasteiger partial charge < -0.3 is 14.6 Å². The number of ether oxygens (including phenoxy) is 2. The number of hydrogen-bond donors (Lipinski definition) is 3. The number of aliphatic imine (C=N–C) groups is 1. The third-order valence-electron chi connectivity index (χ3n) is 7.24. The predicted molar refractivity (Wildman–Crippen MR) is 182 cm³/mol. The van der Waals surface area contributed by atoms with E-state index in [4.69, 9.17) is 42.8 Å². The summed E-state index contributed by atoms with van der Waals surface area (Å²) in [5, 5.41) is 10.1. The first-order chi connectivity index (χ1) is 21.9. The Balaban J connectivity index is 1.48. The quantitative estimate of drug-likeness (QED) is 0.0979. The molecule has 1 amide bonds. The van der Waals surface area contributed by atoms with Gasteiger partial charge in [-0.25, -0.2) is 10.4 Å². The molecule has 0 aromatic heterocycles. The third-order valence-corrected chi connectivity index (χ3v) is 8.35. The van der Waals surface area contributed by atoms with Gasteiger partial charge in [-0.3, -0.25) is 10.2 Å². The monoisotopic (exact) mass is 707 g/mol. The van der Waals surface area contributed by atoms with Crippen LogP contribution in [0, 0.1) is 0 Å². The lowest BCUT2D eigenvalue weighted by molar-refractivity contribution is -0.129. The normalized spacial score (nSPS) is 17.6. The number of nitrogens with one attached hydrogen (secondary N) is 2. The molecule has 0 unspecified atom stereocenters. The molecule has 0 saturated carbocycles. The molecule has 2 atom stereocenters. The number of carbonyl (C=O) groups excluding carboxylic acids is 1. The number of rotatable bonds is 13. The number of carbonyl (C=O) groups is 1. The van der Waals surface area contributed by atoms with Gasteiger partial charge in [-0.15, -0.1) is 0 Å². The van der Waals surface area contributed by atoms with E-state index in [1.54, 1.807) is 18.2 Å². The SMILES string of the molecule is O=C(NNCc1ccc(Cl)cc1Cl)[C@@]1(C/C=C/c2ccccc2)N=C(c2ccc(OCCCO)cc2)O[C@H]1c1ccc(Br)cc1. The first kappa shape index (κ1) is 32.7. The molecule has 0 spiro atoms. The minimum absolute atomic E-state index is 0.0602. The summed E-state index contributed by atoms with van der Waals surface area (Å²) in [5.74, 6) is 0.640. The maximum absolute atomic E-state index is 14.3. The number of aliphatic hydroxyl groups is 1. The molecule has 45 heavy (non-hydrogen) atoms. The maximum atomic E-state index is 14.3. The number of hydrazine groups is 1. The molecule has 232 valence electrons. The summed E-state index contributed by atoms with van der Waals surface area (Å²) >= 11 is 15.9. The van der Waals surface area contributed by atoms with E-state index in [9.17, 15) is 4.79 Å². The van der Waals surface area contributed by atoms with E-state index in [2.05, 4.69) is 26.8 Å². The molecule has 1 heterocycles. The first-order valence-electron chi connectivity index (χ1n) is 14.4. The van der Waals surface area contributed by atoms with Crippen LogP contribution in [-0.2, 0) is 16.1 Å². The maximum Gasteiger partial charge on any atom is 0.266 e. The van der Waals surface area contributed by atoms with Crippen LogP contribution in [-0.4, -0.2) is 35.7 Å². The van der Waals surface area contributed by atoms with Crippen LogP contribution in [0.25, 0.3) is 6.08 Å². The summed E-state index contributed by atoms with van der Waals surface area (Å²) in [6.07, 6.45) is 3.98. The minimum Gasteiger partial charge on any atom is -0.494 e. The van der Waals surface area contributed by atoms with E-state index < -0.39 is 11.6 Å². The summed E-state index contributed by atoms with van der Waals surface area (Å²) in [7, 11) is 0. The molecule has 0 radical (unpaired) electrons. The molecule has 1 aliphatic heterocycles. The van der Waals surface area contributed by atoms with E-state index in [1.807, 2.05) is 91.0 Å². The Morgan fingerprint density at radius 2 is 1.78 bits per heavy atom. The van der Waals surface area contributed by atoms with Crippen molar-refractivity contribution in [1.82, 2.24) is 10.9 Å². The molecule has 5 rings (SSSR count). The van der Waals surface area contributed by atoms with Gasteiger partial charge in [-0.1, -0.05) is 99.8 Å². The van der Waals surface area contributed by atoms with Gasteiger partial charge in [0.2, 0.25) is 5.90 Å². The Kier molecular flexibility index (Phi) is 11.3. The van der Waals surface area contributed by atoms with Crippen LogP contribution in [0.4, 0.5) is 0 Å². The van der Waals surface area contributed by atoms with Crippen molar-refractivity contribution < 1.29 is 19.4 Å². The smallest absolute Gasteiger partial charge is 0.266 e. The Labute approximate surface area is 281 Å². The van der Waals surface area contributed by atoms with Crippen molar-refractivity contribution in [3.63, 3.8) is 0 Å². The van der Waals surface area contributed by atoms with Crippen molar-refractivity contribution in [2.24, 2.45) is 4.99 Å². The molecule has 10 heteroatoms. The zero-order valence-electron chi connectivity index (χ0n) is 24.3. The van der Waals surface area contributed by atoms with Crippen molar-refractivity contribution in [2.75, 3.05) is 13.2 Å². The number of benzene rings is 4. The highest BCUT2D eigenvalue weighted by atomic mass is 79.9. The van der Waals surface area contributed by atoms with Gasteiger partial charge in [-0.05, 0) is 65.2 Å². The topological polar surface area (TPSA) is 92.2 Å². The van der Waals surface area contributed by atoms with Crippen molar-refractivity contribution in [1.29, 1.82) is 0 Å². The molecule has 4 aromatic carbocycles.